The van der Waals surface area contributed by atoms with Crippen LogP contribution in [0.4, 0.5) is 34.6 Å². The number of nitrogens with zero attached hydrogens (tertiary/aromatic N) is 10. The predicted octanol–water partition coefficient (Wildman–Crippen LogP) is 11.3. The van der Waals surface area contributed by atoms with Crippen LogP contribution in [0.15, 0.2) is 161 Å². The lowest BCUT2D eigenvalue weighted by atomic mass is 9.98. The number of hydrogen-bond acceptors (Lipinski definition) is 13. The Morgan fingerprint density at radius 3 is 1.23 bits per heavy atom. The van der Waals surface area contributed by atoms with Crippen molar-refractivity contribution in [3.63, 3.8) is 0 Å². The molecule has 5 aromatic carbocycles. The summed E-state index contributed by atoms with van der Waals surface area (Å²) in [7, 11) is 0.559. The topological polar surface area (TPSA) is 150 Å². The molecule has 0 fully saturated rings. The van der Waals surface area contributed by atoms with Gasteiger partial charge in [0.1, 0.15) is 5.82 Å². The lowest BCUT2D eigenvalue weighted by Gasteiger charge is -2.21. The molecule has 23 heteroatoms. The standard InChI is InChI=1S/C24H24F3N3O2S.C23H24FN3O2S.C22H24N4O2S/c1-28-10-7-16(8-11-28)21-15-30(23-5-3-18(14-20(21)23)24(25,26)27)33(31,32)19-4-6-22-17(13-19)9-12-29(22)2;1-25-10-7-16(8-11-25)21-15-27(23-5-3-18(24)14-20(21)23)30(28,29)19-4-6-22-17(13-19)9-12-26(22)2;1-24-11-7-16(8-12-24)20-15-26(22-19(20)4-3-10-23-22)29(27,28)18-5-6-21-17(14-18)9-13-25(21)2/h3-7,13-15H,8-12H2,1-2H3;3-7,13-15H,8-12H2,1-2H3;3-7,10,14-15H,8-9,11-13H2,1-2H3. The van der Waals surface area contributed by atoms with Crippen molar-refractivity contribution in [3.8, 4) is 0 Å². The second-order valence-electron chi connectivity index (χ2n) is 24.9. The predicted molar refractivity (Wildman–Crippen MR) is 357 cm³/mol. The minimum atomic E-state index is -4.51. The Bertz CT molecular complexity index is 4900. The van der Waals surface area contributed by atoms with Crippen molar-refractivity contribution in [2.45, 2.75) is 59.4 Å². The zero-order valence-corrected chi connectivity index (χ0v) is 54.6. The molecule has 0 amide bonds. The first-order chi connectivity index (χ1) is 43.8. The molecule has 9 aromatic rings. The second kappa shape index (κ2) is 24.1. The van der Waals surface area contributed by atoms with Crippen molar-refractivity contribution in [1.29, 1.82) is 0 Å². The molecule has 0 atom stereocenters. The molecule has 6 aliphatic heterocycles. The van der Waals surface area contributed by atoms with Gasteiger partial charge in [0, 0.05) is 155 Å². The summed E-state index contributed by atoms with van der Waals surface area (Å²) in [4.78, 5) is 18.0. The molecule has 0 spiro atoms. The lowest BCUT2D eigenvalue weighted by Crippen LogP contribution is -2.23. The van der Waals surface area contributed by atoms with Gasteiger partial charge >= 0.3 is 6.18 Å². The monoisotopic (exact) mass is 1310 g/mol. The van der Waals surface area contributed by atoms with E-state index in [2.05, 4.69) is 53.6 Å². The summed E-state index contributed by atoms with van der Waals surface area (Å²) in [6.07, 6.45) is 13.1. The highest BCUT2D eigenvalue weighted by atomic mass is 32.2. The van der Waals surface area contributed by atoms with E-state index in [0.29, 0.717) is 45.4 Å². The fourth-order valence-corrected chi connectivity index (χ4v) is 17.6. The molecule has 4 aromatic heterocycles. The first-order valence-electron chi connectivity index (χ1n) is 30.8. The van der Waals surface area contributed by atoms with Crippen LogP contribution >= 0.6 is 0 Å². The summed E-state index contributed by atoms with van der Waals surface area (Å²) >= 11 is 0. The molecule has 0 saturated heterocycles. The van der Waals surface area contributed by atoms with Gasteiger partial charge in [-0.2, -0.15) is 13.2 Å². The molecule has 0 bridgehead atoms. The Balaban J connectivity index is 0.000000126. The minimum absolute atomic E-state index is 0.136. The average molecular weight is 1310 g/mol. The third-order valence-corrected chi connectivity index (χ3v) is 23.8. The number of pyridine rings is 1. The van der Waals surface area contributed by atoms with Gasteiger partial charge in [-0.15, -0.1) is 0 Å². The van der Waals surface area contributed by atoms with Crippen LogP contribution in [0.1, 0.15) is 58.2 Å². The number of hydrogen-bond donors (Lipinski definition) is 0. The van der Waals surface area contributed by atoms with E-state index < -0.39 is 41.8 Å². The summed E-state index contributed by atoms with van der Waals surface area (Å²) in [5.41, 5.74) is 12.1. The normalized spacial score (nSPS) is 17.5. The van der Waals surface area contributed by atoms with E-state index in [1.165, 1.54) is 37.9 Å². The van der Waals surface area contributed by atoms with E-state index in [4.69, 9.17) is 0 Å². The van der Waals surface area contributed by atoms with Crippen molar-refractivity contribution >= 4 is 96.7 Å². The highest BCUT2D eigenvalue weighted by Gasteiger charge is 2.34. The smallest absolute Gasteiger partial charge is 0.374 e. The number of fused-ring (bicyclic) bond motifs is 6. The number of likely N-dealkylation sites (N-methyl/N-ethyl adjacent to an activating group) is 6. The van der Waals surface area contributed by atoms with Crippen LogP contribution in [-0.4, -0.2) is 158 Å². The first-order valence-corrected chi connectivity index (χ1v) is 35.1. The third kappa shape index (κ3) is 11.6. The lowest BCUT2D eigenvalue weighted by molar-refractivity contribution is -0.137. The van der Waals surface area contributed by atoms with Crippen molar-refractivity contribution in [2.75, 3.05) is 116 Å². The van der Waals surface area contributed by atoms with E-state index in [0.717, 1.165) is 162 Å². The van der Waals surface area contributed by atoms with Gasteiger partial charge in [-0.3, -0.25) is 0 Å². The third-order valence-electron chi connectivity index (χ3n) is 18.8. The zero-order chi connectivity index (χ0) is 64.8. The molecule has 0 aliphatic carbocycles. The van der Waals surface area contributed by atoms with Gasteiger partial charge in [0.2, 0.25) is 0 Å². The Morgan fingerprint density at radius 1 is 0.424 bits per heavy atom. The highest BCUT2D eigenvalue weighted by Crippen LogP contribution is 2.41. The molecule has 10 heterocycles. The quantitative estimate of drug-likeness (QED) is 0.126. The molecule has 0 N–H and O–H groups in total. The number of benzene rings is 5. The number of anilines is 3. The van der Waals surface area contributed by atoms with Crippen molar-refractivity contribution in [3.05, 3.63) is 191 Å². The molecule has 16 nitrogen and oxygen atoms in total. The molecule has 0 unspecified atom stereocenters. The van der Waals surface area contributed by atoms with E-state index in [9.17, 15) is 42.8 Å². The van der Waals surface area contributed by atoms with E-state index in [1.807, 2.05) is 71.6 Å². The van der Waals surface area contributed by atoms with Gasteiger partial charge in [0.05, 0.1) is 31.3 Å². The molecule has 0 saturated carbocycles. The van der Waals surface area contributed by atoms with Crippen molar-refractivity contribution in [1.82, 2.24) is 31.6 Å². The molecule has 480 valence electrons. The minimum Gasteiger partial charge on any atom is -0.374 e. The Hall–Kier alpha value is -8.06. The summed E-state index contributed by atoms with van der Waals surface area (Å²) in [6.45, 7) is 7.54. The van der Waals surface area contributed by atoms with E-state index in [-0.39, 0.29) is 21.1 Å². The van der Waals surface area contributed by atoms with Gasteiger partial charge in [-0.25, -0.2) is 46.5 Å². The van der Waals surface area contributed by atoms with Crippen LogP contribution in [0.3, 0.4) is 0 Å². The zero-order valence-electron chi connectivity index (χ0n) is 52.1. The maximum absolute atomic E-state index is 14.1. The summed E-state index contributed by atoms with van der Waals surface area (Å²) in [5, 5.41) is 1.81. The number of alkyl halides is 3. The number of aromatic nitrogens is 4. The van der Waals surface area contributed by atoms with Crippen LogP contribution in [-0.2, 0) is 55.5 Å². The first kappa shape index (κ1) is 62.7. The van der Waals surface area contributed by atoms with Crippen LogP contribution < -0.4 is 14.7 Å². The molecule has 15 rings (SSSR count). The van der Waals surface area contributed by atoms with Gasteiger partial charge < -0.3 is 29.4 Å². The number of halogens is 4. The summed E-state index contributed by atoms with van der Waals surface area (Å²) in [6, 6.07) is 27.2. The van der Waals surface area contributed by atoms with Crippen molar-refractivity contribution < 1.29 is 42.8 Å². The Morgan fingerprint density at radius 2 is 0.815 bits per heavy atom. The van der Waals surface area contributed by atoms with Crippen molar-refractivity contribution in [2.24, 2.45) is 0 Å². The second-order valence-corrected chi connectivity index (χ2v) is 30.4. The summed E-state index contributed by atoms with van der Waals surface area (Å²) < 4.78 is 140. The molecule has 0 radical (unpaired) electrons. The summed E-state index contributed by atoms with van der Waals surface area (Å²) in [5.74, 6) is -0.368. The maximum Gasteiger partial charge on any atom is 0.416 e. The maximum atomic E-state index is 14.1. The number of rotatable bonds is 9. The van der Waals surface area contributed by atoms with Gasteiger partial charge in [0.15, 0.2) is 5.65 Å². The van der Waals surface area contributed by atoms with Gasteiger partial charge in [0.25, 0.3) is 30.1 Å². The largest absolute Gasteiger partial charge is 0.416 e. The van der Waals surface area contributed by atoms with Crippen LogP contribution in [0.25, 0.3) is 49.6 Å². The fraction of sp³-hybridized carbons (Fsp3) is 0.319. The average Bonchev–Trinajstić information content (AvgIpc) is 1.59. The highest BCUT2D eigenvalue weighted by molar-refractivity contribution is 7.90. The fourth-order valence-electron chi connectivity index (χ4n) is 13.4. The Labute approximate surface area is 534 Å². The van der Waals surface area contributed by atoms with E-state index in [1.54, 1.807) is 61.1 Å². The molecule has 92 heavy (non-hydrogen) atoms. The molecule has 6 aliphatic rings. The Kier molecular flexibility index (Phi) is 16.4. The molecular weight excluding hydrogens is 1240 g/mol. The van der Waals surface area contributed by atoms with Gasteiger partial charge in [-0.05, 0) is 196 Å². The van der Waals surface area contributed by atoms with Crippen LogP contribution in [0.2, 0.25) is 0 Å². The van der Waals surface area contributed by atoms with Crippen LogP contribution in [0, 0.1) is 5.82 Å². The van der Waals surface area contributed by atoms with E-state index >= 15 is 0 Å². The van der Waals surface area contributed by atoms with Crippen LogP contribution in [0.5, 0.6) is 0 Å². The SMILES string of the molecule is CN1CC=C(c2cn(S(=O)(=O)c3ccc4c(c3)CCN4C)c3ccc(C(F)(F)F)cc23)CC1.CN1CC=C(c2cn(S(=O)(=O)c3ccc4c(c3)CCN4C)c3ccc(F)cc23)CC1.CN1CC=C(c2cn(S(=O)(=O)c3ccc4c(c3)CCN4C)c3ncccc23)CC1. The van der Waals surface area contributed by atoms with Gasteiger partial charge in [-0.1, -0.05) is 18.2 Å². The molecular formula is C69H72F4N10O6S3.